The highest BCUT2D eigenvalue weighted by Crippen LogP contribution is 2.29. The highest BCUT2D eigenvalue weighted by molar-refractivity contribution is 6.35. The first-order valence-electron chi connectivity index (χ1n) is 7.98. The van der Waals surface area contributed by atoms with Crippen molar-refractivity contribution in [1.29, 1.82) is 0 Å². The van der Waals surface area contributed by atoms with E-state index in [0.29, 0.717) is 0 Å². The normalized spacial score (nSPS) is 12.3. The van der Waals surface area contributed by atoms with Gasteiger partial charge in [0.05, 0.1) is 23.6 Å². The second kappa shape index (κ2) is 9.20. The molecule has 2 N–H and O–H groups in total. The van der Waals surface area contributed by atoms with Gasteiger partial charge in [0, 0.05) is 0 Å². The molecule has 2 aromatic carbocycles. The number of carbonyl (C=O) groups excluding carboxylic acids is 2. The zero-order valence-corrected chi connectivity index (χ0v) is 14.8. The van der Waals surface area contributed by atoms with Crippen LogP contribution < -0.4 is 10.9 Å². The molecule has 0 heterocycles. The number of nitrogens with one attached hydrogen (secondary N) is 2. The molecule has 0 unspecified atom stereocenters. The summed E-state index contributed by atoms with van der Waals surface area (Å²) in [5.41, 5.74) is 2.47. The van der Waals surface area contributed by atoms with Crippen LogP contribution in [0.25, 0.3) is 0 Å². The fourth-order valence-electron chi connectivity index (χ4n) is 1.95. The van der Waals surface area contributed by atoms with Crippen molar-refractivity contribution in [2.75, 3.05) is 0 Å². The highest BCUT2D eigenvalue weighted by Gasteiger charge is 2.30. The van der Waals surface area contributed by atoms with Crippen LogP contribution in [0.5, 0.6) is 0 Å². The SMILES string of the molecule is O=C(NN=Cc1ccc(C(F)(F)F)cc1)C(=O)NN=Cc1ccc(C(F)(F)F)cc1. The molecule has 2 rings (SSSR count). The summed E-state index contributed by atoms with van der Waals surface area (Å²) in [6, 6.07) is 7.77. The number of benzene rings is 2. The summed E-state index contributed by atoms with van der Waals surface area (Å²) in [6.45, 7) is 0. The fraction of sp³-hybridized carbons (Fsp3) is 0.111. The summed E-state index contributed by atoms with van der Waals surface area (Å²) in [4.78, 5) is 23.1. The molecule has 0 aliphatic heterocycles. The maximum Gasteiger partial charge on any atom is 0.416 e. The van der Waals surface area contributed by atoms with Crippen molar-refractivity contribution in [3.8, 4) is 0 Å². The molecule has 2 amide bonds. The molecular weight excluding hydrogens is 418 g/mol. The Bertz CT molecular complexity index is 869. The lowest BCUT2D eigenvalue weighted by Gasteiger charge is -2.05. The summed E-state index contributed by atoms with van der Waals surface area (Å²) in [5.74, 6) is -2.44. The first-order chi connectivity index (χ1) is 14.0. The summed E-state index contributed by atoms with van der Waals surface area (Å²) in [7, 11) is 0. The topological polar surface area (TPSA) is 82.9 Å². The zero-order chi connectivity index (χ0) is 22.4. The van der Waals surface area contributed by atoms with E-state index in [1.165, 1.54) is 0 Å². The lowest BCUT2D eigenvalue weighted by Crippen LogP contribution is -2.35. The van der Waals surface area contributed by atoms with Gasteiger partial charge in [0.1, 0.15) is 0 Å². The number of amides is 2. The molecule has 0 aromatic heterocycles. The Morgan fingerprint density at radius 1 is 0.633 bits per heavy atom. The lowest BCUT2D eigenvalue weighted by atomic mass is 10.1. The fourth-order valence-corrected chi connectivity index (χ4v) is 1.95. The minimum Gasteiger partial charge on any atom is -0.262 e. The number of hydrogen-bond donors (Lipinski definition) is 2. The van der Waals surface area contributed by atoms with Gasteiger partial charge < -0.3 is 0 Å². The van der Waals surface area contributed by atoms with E-state index in [2.05, 4.69) is 10.2 Å². The smallest absolute Gasteiger partial charge is 0.262 e. The molecule has 0 aliphatic rings. The maximum atomic E-state index is 12.4. The zero-order valence-electron chi connectivity index (χ0n) is 14.8. The predicted molar refractivity (Wildman–Crippen MR) is 94.4 cm³/mol. The van der Waals surface area contributed by atoms with Crippen molar-refractivity contribution in [1.82, 2.24) is 10.9 Å². The predicted octanol–water partition coefficient (Wildman–Crippen LogP) is 3.32. The molecule has 0 atom stereocenters. The van der Waals surface area contributed by atoms with Crippen molar-refractivity contribution in [3.05, 3.63) is 70.8 Å². The van der Waals surface area contributed by atoms with Crippen LogP contribution in [0.1, 0.15) is 22.3 Å². The molecule has 6 nitrogen and oxygen atoms in total. The largest absolute Gasteiger partial charge is 0.416 e. The molecule has 158 valence electrons. The molecule has 0 saturated heterocycles. The Balaban J connectivity index is 1.84. The van der Waals surface area contributed by atoms with E-state index < -0.39 is 35.3 Å². The van der Waals surface area contributed by atoms with Crippen LogP contribution in [0.15, 0.2) is 58.7 Å². The molecule has 0 saturated carbocycles. The Hall–Kier alpha value is -3.70. The average molecular weight is 430 g/mol. The molecule has 0 spiro atoms. The van der Waals surface area contributed by atoms with Crippen molar-refractivity contribution >= 4 is 24.2 Å². The van der Waals surface area contributed by atoms with Gasteiger partial charge in [-0.15, -0.1) is 0 Å². The molecule has 0 radical (unpaired) electrons. The number of rotatable bonds is 4. The molecule has 0 aliphatic carbocycles. The average Bonchev–Trinajstić information content (AvgIpc) is 2.67. The first-order valence-corrected chi connectivity index (χ1v) is 7.98. The van der Waals surface area contributed by atoms with Crippen molar-refractivity contribution in [3.63, 3.8) is 0 Å². The number of nitrogens with zero attached hydrogens (tertiary/aromatic N) is 2. The van der Waals surface area contributed by atoms with Crippen LogP contribution in [-0.4, -0.2) is 24.2 Å². The van der Waals surface area contributed by atoms with Gasteiger partial charge in [0.15, 0.2) is 0 Å². The van der Waals surface area contributed by atoms with Gasteiger partial charge in [0.2, 0.25) is 0 Å². The van der Waals surface area contributed by atoms with E-state index in [-0.39, 0.29) is 11.1 Å². The monoisotopic (exact) mass is 430 g/mol. The van der Waals surface area contributed by atoms with Crippen LogP contribution in [0.4, 0.5) is 26.3 Å². The number of hydrazone groups is 2. The van der Waals surface area contributed by atoms with Gasteiger partial charge >= 0.3 is 24.2 Å². The number of carbonyl (C=O) groups is 2. The number of halogens is 6. The Labute approximate surface area is 165 Å². The first kappa shape index (κ1) is 22.6. The van der Waals surface area contributed by atoms with E-state index in [9.17, 15) is 35.9 Å². The molecule has 0 bridgehead atoms. The number of alkyl halides is 6. The van der Waals surface area contributed by atoms with Gasteiger partial charge in [0.25, 0.3) is 0 Å². The van der Waals surface area contributed by atoms with Crippen molar-refractivity contribution < 1.29 is 35.9 Å². The van der Waals surface area contributed by atoms with Gasteiger partial charge in [-0.3, -0.25) is 9.59 Å². The summed E-state index contributed by atoms with van der Waals surface area (Å²) >= 11 is 0. The van der Waals surface area contributed by atoms with Crippen LogP contribution in [0.3, 0.4) is 0 Å². The Morgan fingerprint density at radius 2 is 0.933 bits per heavy atom. The van der Waals surface area contributed by atoms with Gasteiger partial charge in [-0.25, -0.2) is 10.9 Å². The van der Waals surface area contributed by atoms with Crippen molar-refractivity contribution in [2.24, 2.45) is 10.2 Å². The highest BCUT2D eigenvalue weighted by atomic mass is 19.4. The van der Waals surface area contributed by atoms with Crippen LogP contribution in [0.2, 0.25) is 0 Å². The van der Waals surface area contributed by atoms with E-state index in [1.54, 1.807) is 0 Å². The Kier molecular flexibility index (Phi) is 6.93. The quantitative estimate of drug-likeness (QED) is 0.338. The van der Waals surface area contributed by atoms with Gasteiger partial charge in [-0.1, -0.05) is 24.3 Å². The maximum absolute atomic E-state index is 12.4. The second-order valence-electron chi connectivity index (χ2n) is 5.64. The summed E-state index contributed by atoms with van der Waals surface area (Å²) < 4.78 is 74.7. The van der Waals surface area contributed by atoms with Crippen LogP contribution >= 0.6 is 0 Å². The molecule has 30 heavy (non-hydrogen) atoms. The Morgan fingerprint density at radius 3 is 1.20 bits per heavy atom. The molecule has 12 heteroatoms. The van der Waals surface area contributed by atoms with Crippen molar-refractivity contribution in [2.45, 2.75) is 12.4 Å². The third-order valence-electron chi connectivity index (χ3n) is 3.44. The van der Waals surface area contributed by atoms with E-state index in [0.717, 1.165) is 61.0 Å². The minimum atomic E-state index is -4.48. The number of hydrogen-bond acceptors (Lipinski definition) is 4. The molecular formula is C18H12F6N4O2. The lowest BCUT2D eigenvalue weighted by molar-refractivity contribution is -0.139. The standard InChI is InChI=1S/C18H12F6N4O2/c19-17(20,21)13-5-1-11(2-6-13)9-25-27-15(29)16(30)28-26-10-12-3-7-14(8-4-12)18(22,23)24/h1-10H,(H,27,29)(H,28,30). The summed E-state index contributed by atoms with van der Waals surface area (Å²) in [5, 5.41) is 6.86. The van der Waals surface area contributed by atoms with E-state index in [4.69, 9.17) is 0 Å². The van der Waals surface area contributed by atoms with Crippen LogP contribution in [0, 0.1) is 0 Å². The summed E-state index contributed by atoms with van der Waals surface area (Å²) in [6.07, 6.45) is -6.92. The van der Waals surface area contributed by atoms with Crippen LogP contribution in [-0.2, 0) is 21.9 Å². The van der Waals surface area contributed by atoms with Gasteiger partial charge in [-0.2, -0.15) is 36.5 Å². The third kappa shape index (κ3) is 6.72. The third-order valence-corrected chi connectivity index (χ3v) is 3.44. The minimum absolute atomic E-state index is 0.240. The van der Waals surface area contributed by atoms with E-state index in [1.807, 2.05) is 10.9 Å². The molecule has 0 fully saturated rings. The molecule has 2 aromatic rings. The second-order valence-corrected chi connectivity index (χ2v) is 5.64. The van der Waals surface area contributed by atoms with Gasteiger partial charge in [-0.05, 0) is 35.4 Å². The van der Waals surface area contributed by atoms with E-state index >= 15 is 0 Å².